The molecule has 1 heterocycles. The Morgan fingerprint density at radius 2 is 1.32 bits per heavy atom. The summed E-state index contributed by atoms with van der Waals surface area (Å²) in [5.74, 6) is -0.475. The average molecular weight is 361 g/mol. The van der Waals surface area contributed by atoms with Crippen LogP contribution >= 0.6 is 0 Å². The SMILES string of the molecule is CCCCCCCCCCOCCOCCOC[C@@H]1COC(C)(C)O1. The molecule has 1 saturated heterocycles. The summed E-state index contributed by atoms with van der Waals surface area (Å²) in [5, 5.41) is 0. The van der Waals surface area contributed by atoms with Crippen molar-refractivity contribution in [1.82, 2.24) is 0 Å². The molecule has 0 amide bonds. The molecule has 0 unspecified atom stereocenters. The third-order valence-corrected chi connectivity index (χ3v) is 4.26. The van der Waals surface area contributed by atoms with Crippen molar-refractivity contribution >= 4 is 0 Å². The van der Waals surface area contributed by atoms with Crippen LogP contribution in [0.4, 0.5) is 0 Å². The summed E-state index contributed by atoms with van der Waals surface area (Å²) in [7, 11) is 0. The van der Waals surface area contributed by atoms with Crippen LogP contribution in [0.2, 0.25) is 0 Å². The fraction of sp³-hybridized carbons (Fsp3) is 1.00. The molecule has 25 heavy (non-hydrogen) atoms. The number of hydrogen-bond donors (Lipinski definition) is 0. The highest BCUT2D eigenvalue weighted by Crippen LogP contribution is 2.22. The lowest BCUT2D eigenvalue weighted by Crippen LogP contribution is -2.24. The molecule has 0 saturated carbocycles. The van der Waals surface area contributed by atoms with Crippen molar-refractivity contribution < 1.29 is 23.7 Å². The van der Waals surface area contributed by atoms with Gasteiger partial charge in [0.25, 0.3) is 0 Å². The van der Waals surface area contributed by atoms with Gasteiger partial charge in [-0.1, -0.05) is 51.9 Å². The third kappa shape index (κ3) is 13.6. The zero-order chi connectivity index (χ0) is 18.2. The molecule has 0 bridgehead atoms. The van der Waals surface area contributed by atoms with E-state index in [0.717, 1.165) is 13.0 Å². The van der Waals surface area contributed by atoms with Gasteiger partial charge in [0.2, 0.25) is 0 Å². The van der Waals surface area contributed by atoms with Gasteiger partial charge in [-0.2, -0.15) is 0 Å². The molecule has 0 aromatic heterocycles. The zero-order valence-corrected chi connectivity index (χ0v) is 16.7. The fourth-order valence-electron chi connectivity index (χ4n) is 2.84. The Morgan fingerprint density at radius 3 is 1.92 bits per heavy atom. The largest absolute Gasteiger partial charge is 0.379 e. The molecule has 5 nitrogen and oxygen atoms in total. The first-order valence-electron chi connectivity index (χ1n) is 10.2. The molecule has 1 aliphatic rings. The molecule has 0 aliphatic carbocycles. The second-order valence-electron chi connectivity index (χ2n) is 7.23. The average Bonchev–Trinajstić information content (AvgIpc) is 2.93. The van der Waals surface area contributed by atoms with Crippen molar-refractivity contribution in [1.29, 1.82) is 0 Å². The van der Waals surface area contributed by atoms with Gasteiger partial charge in [0.15, 0.2) is 5.79 Å². The molecule has 1 aliphatic heterocycles. The molecular formula is C20H40O5. The predicted molar refractivity (Wildman–Crippen MR) is 100.0 cm³/mol. The van der Waals surface area contributed by atoms with Crippen LogP contribution in [0, 0.1) is 0 Å². The summed E-state index contributed by atoms with van der Waals surface area (Å²) in [5.41, 5.74) is 0. The molecule has 1 atom stereocenters. The molecule has 0 spiro atoms. The minimum atomic E-state index is -0.475. The summed E-state index contributed by atoms with van der Waals surface area (Å²) in [6.07, 6.45) is 10.7. The van der Waals surface area contributed by atoms with Crippen molar-refractivity contribution in [3.63, 3.8) is 0 Å². The van der Waals surface area contributed by atoms with Gasteiger partial charge in [0, 0.05) is 6.61 Å². The van der Waals surface area contributed by atoms with Gasteiger partial charge in [0.05, 0.1) is 39.6 Å². The lowest BCUT2D eigenvalue weighted by Gasteiger charge is -2.17. The Hall–Kier alpha value is -0.200. The van der Waals surface area contributed by atoms with Crippen LogP contribution in [0.5, 0.6) is 0 Å². The number of hydrogen-bond acceptors (Lipinski definition) is 5. The molecular weight excluding hydrogens is 320 g/mol. The molecule has 150 valence electrons. The van der Waals surface area contributed by atoms with E-state index in [1.807, 2.05) is 13.8 Å². The predicted octanol–water partition coefficient (Wildman–Crippen LogP) is 4.33. The Morgan fingerprint density at radius 1 is 0.760 bits per heavy atom. The smallest absolute Gasteiger partial charge is 0.163 e. The van der Waals surface area contributed by atoms with E-state index >= 15 is 0 Å². The quantitative estimate of drug-likeness (QED) is 0.361. The molecule has 5 heteroatoms. The minimum absolute atomic E-state index is 0.0324. The van der Waals surface area contributed by atoms with Gasteiger partial charge >= 0.3 is 0 Å². The topological polar surface area (TPSA) is 46.2 Å². The molecule has 0 aromatic rings. The molecule has 1 fully saturated rings. The zero-order valence-electron chi connectivity index (χ0n) is 16.7. The summed E-state index contributed by atoms with van der Waals surface area (Å²) < 4.78 is 27.8. The molecule has 1 rings (SSSR count). The molecule has 0 aromatic carbocycles. The Labute approximate surface area is 154 Å². The first-order valence-corrected chi connectivity index (χ1v) is 10.2. The normalized spacial score (nSPS) is 19.6. The van der Waals surface area contributed by atoms with E-state index < -0.39 is 5.79 Å². The highest BCUT2D eigenvalue weighted by molar-refractivity contribution is 4.70. The Kier molecular flexibility index (Phi) is 13.6. The van der Waals surface area contributed by atoms with Gasteiger partial charge in [-0.3, -0.25) is 0 Å². The van der Waals surface area contributed by atoms with E-state index in [-0.39, 0.29) is 6.10 Å². The van der Waals surface area contributed by atoms with Gasteiger partial charge in [-0.15, -0.1) is 0 Å². The first kappa shape index (κ1) is 22.8. The van der Waals surface area contributed by atoms with Gasteiger partial charge in [0.1, 0.15) is 6.10 Å². The maximum atomic E-state index is 5.66. The van der Waals surface area contributed by atoms with Gasteiger partial charge in [-0.25, -0.2) is 0 Å². The third-order valence-electron chi connectivity index (χ3n) is 4.26. The van der Waals surface area contributed by atoms with Crippen molar-refractivity contribution in [2.45, 2.75) is 84.0 Å². The van der Waals surface area contributed by atoms with Crippen molar-refractivity contribution in [2.75, 3.05) is 46.2 Å². The van der Waals surface area contributed by atoms with Crippen molar-refractivity contribution in [3.05, 3.63) is 0 Å². The fourth-order valence-corrected chi connectivity index (χ4v) is 2.84. The maximum Gasteiger partial charge on any atom is 0.163 e. The highest BCUT2D eigenvalue weighted by atomic mass is 16.7. The van der Waals surface area contributed by atoms with Crippen LogP contribution in [0.15, 0.2) is 0 Å². The summed E-state index contributed by atoms with van der Waals surface area (Å²) >= 11 is 0. The minimum Gasteiger partial charge on any atom is -0.379 e. The highest BCUT2D eigenvalue weighted by Gasteiger charge is 2.32. The molecule has 0 N–H and O–H groups in total. The van der Waals surface area contributed by atoms with E-state index in [4.69, 9.17) is 23.7 Å². The van der Waals surface area contributed by atoms with Gasteiger partial charge < -0.3 is 23.7 Å². The second-order valence-corrected chi connectivity index (χ2v) is 7.23. The van der Waals surface area contributed by atoms with Crippen LogP contribution in [-0.4, -0.2) is 58.1 Å². The second kappa shape index (κ2) is 14.9. The number of ether oxygens (including phenoxy) is 5. The van der Waals surface area contributed by atoms with Crippen LogP contribution in [0.1, 0.15) is 72.1 Å². The van der Waals surface area contributed by atoms with E-state index in [2.05, 4.69) is 6.92 Å². The van der Waals surface area contributed by atoms with Crippen LogP contribution in [0.25, 0.3) is 0 Å². The summed E-state index contributed by atoms with van der Waals surface area (Å²) in [6.45, 7) is 10.6. The van der Waals surface area contributed by atoms with Crippen molar-refractivity contribution in [2.24, 2.45) is 0 Å². The Bertz CT molecular complexity index is 296. The monoisotopic (exact) mass is 360 g/mol. The van der Waals surface area contributed by atoms with E-state index in [1.165, 1.54) is 44.9 Å². The van der Waals surface area contributed by atoms with E-state index in [9.17, 15) is 0 Å². The van der Waals surface area contributed by atoms with Crippen LogP contribution < -0.4 is 0 Å². The summed E-state index contributed by atoms with van der Waals surface area (Å²) in [4.78, 5) is 0. The number of rotatable bonds is 17. The maximum absolute atomic E-state index is 5.66. The van der Waals surface area contributed by atoms with E-state index in [0.29, 0.717) is 39.6 Å². The lowest BCUT2D eigenvalue weighted by molar-refractivity contribution is -0.145. The summed E-state index contributed by atoms with van der Waals surface area (Å²) in [6, 6.07) is 0. The van der Waals surface area contributed by atoms with Gasteiger partial charge in [-0.05, 0) is 20.3 Å². The van der Waals surface area contributed by atoms with Crippen molar-refractivity contribution in [3.8, 4) is 0 Å². The lowest BCUT2D eigenvalue weighted by atomic mass is 10.1. The standard InChI is InChI=1S/C20H40O5/c1-4-5-6-7-8-9-10-11-12-21-13-14-22-15-16-23-17-19-18-24-20(2,3)25-19/h19H,4-18H2,1-3H3/t19-/m1/s1. The Balaban J connectivity index is 1.70. The first-order chi connectivity index (χ1) is 12.1. The van der Waals surface area contributed by atoms with Crippen LogP contribution in [0.3, 0.4) is 0 Å². The molecule has 0 radical (unpaired) electrons. The van der Waals surface area contributed by atoms with E-state index in [1.54, 1.807) is 0 Å². The number of unbranched alkanes of at least 4 members (excludes halogenated alkanes) is 7. The van der Waals surface area contributed by atoms with Crippen LogP contribution in [-0.2, 0) is 23.7 Å².